The molecule has 2 aromatic carbocycles. The monoisotopic (exact) mass is 439 g/mol. The molecule has 28 heavy (non-hydrogen) atoms. The van der Waals surface area contributed by atoms with Gasteiger partial charge in [0.2, 0.25) is 10.0 Å². The van der Waals surface area contributed by atoms with Crippen LogP contribution < -0.4 is 10.1 Å². The summed E-state index contributed by atoms with van der Waals surface area (Å²) in [6.07, 6.45) is 0. The van der Waals surface area contributed by atoms with E-state index in [0.29, 0.717) is 42.9 Å². The SMILES string of the molecule is COc1ccc(CNC(=S)N2CCN(S(=O)(=O)c3ccc(Cl)cc3)CC2)cc1. The maximum atomic E-state index is 12.7. The molecule has 0 atom stereocenters. The lowest BCUT2D eigenvalue weighted by molar-refractivity contribution is 0.264. The molecule has 9 heteroatoms. The minimum atomic E-state index is -3.52. The first-order chi connectivity index (χ1) is 13.4. The molecule has 1 aliphatic rings. The molecule has 1 heterocycles. The molecular formula is C19H22ClN3O3S2. The van der Waals surface area contributed by atoms with E-state index in [2.05, 4.69) is 5.32 Å². The molecule has 0 radical (unpaired) electrons. The third-order valence-electron chi connectivity index (χ3n) is 4.58. The summed E-state index contributed by atoms with van der Waals surface area (Å²) >= 11 is 11.3. The number of halogens is 1. The Morgan fingerprint density at radius 2 is 1.68 bits per heavy atom. The highest BCUT2D eigenvalue weighted by Crippen LogP contribution is 2.20. The molecule has 0 unspecified atom stereocenters. The Hall–Kier alpha value is -1.87. The molecule has 0 aliphatic carbocycles. The highest BCUT2D eigenvalue weighted by Gasteiger charge is 2.29. The number of thiocarbonyl (C=S) groups is 1. The lowest BCUT2D eigenvalue weighted by Crippen LogP contribution is -2.52. The van der Waals surface area contributed by atoms with Gasteiger partial charge in [0.05, 0.1) is 12.0 Å². The third-order valence-corrected chi connectivity index (χ3v) is 7.15. The molecular weight excluding hydrogens is 418 g/mol. The van der Waals surface area contributed by atoms with Gasteiger partial charge in [-0.15, -0.1) is 0 Å². The van der Waals surface area contributed by atoms with Gasteiger partial charge in [-0.2, -0.15) is 4.31 Å². The molecule has 150 valence electrons. The first-order valence-electron chi connectivity index (χ1n) is 8.81. The zero-order valence-electron chi connectivity index (χ0n) is 15.5. The maximum absolute atomic E-state index is 12.7. The molecule has 0 spiro atoms. The first kappa shape index (κ1) is 20.9. The number of sulfonamides is 1. The highest BCUT2D eigenvalue weighted by molar-refractivity contribution is 7.89. The molecule has 0 amide bonds. The fraction of sp³-hybridized carbons (Fsp3) is 0.316. The van der Waals surface area contributed by atoms with Crippen molar-refractivity contribution in [3.05, 3.63) is 59.1 Å². The van der Waals surface area contributed by atoms with E-state index in [4.69, 9.17) is 28.6 Å². The number of hydrogen-bond donors (Lipinski definition) is 1. The van der Waals surface area contributed by atoms with Crippen molar-refractivity contribution in [1.82, 2.24) is 14.5 Å². The number of rotatable bonds is 5. The van der Waals surface area contributed by atoms with Crippen LogP contribution in [-0.2, 0) is 16.6 Å². The molecule has 0 saturated carbocycles. The Bertz CT molecular complexity index is 910. The second-order valence-corrected chi connectivity index (χ2v) is 9.11. The van der Waals surface area contributed by atoms with Crippen molar-refractivity contribution in [2.24, 2.45) is 0 Å². The van der Waals surface area contributed by atoms with Gasteiger partial charge in [-0.25, -0.2) is 8.42 Å². The summed E-state index contributed by atoms with van der Waals surface area (Å²) in [7, 11) is -1.88. The topological polar surface area (TPSA) is 61.9 Å². The number of benzene rings is 2. The Morgan fingerprint density at radius 3 is 2.25 bits per heavy atom. The van der Waals surface area contributed by atoms with E-state index >= 15 is 0 Å². The zero-order chi connectivity index (χ0) is 20.1. The van der Waals surface area contributed by atoms with E-state index < -0.39 is 10.0 Å². The second-order valence-electron chi connectivity index (χ2n) is 6.35. The van der Waals surface area contributed by atoms with Crippen LogP contribution in [0.2, 0.25) is 5.02 Å². The summed E-state index contributed by atoms with van der Waals surface area (Å²) in [6.45, 7) is 2.46. The van der Waals surface area contributed by atoms with Crippen molar-refractivity contribution in [3.8, 4) is 5.75 Å². The first-order valence-corrected chi connectivity index (χ1v) is 11.0. The smallest absolute Gasteiger partial charge is 0.243 e. The minimum absolute atomic E-state index is 0.255. The lowest BCUT2D eigenvalue weighted by atomic mass is 10.2. The molecule has 1 saturated heterocycles. The van der Waals surface area contributed by atoms with E-state index in [1.807, 2.05) is 29.2 Å². The summed E-state index contributed by atoms with van der Waals surface area (Å²) < 4.78 is 32.1. The van der Waals surface area contributed by atoms with E-state index in [1.54, 1.807) is 19.2 Å². The van der Waals surface area contributed by atoms with Gasteiger partial charge >= 0.3 is 0 Å². The maximum Gasteiger partial charge on any atom is 0.243 e. The van der Waals surface area contributed by atoms with Crippen molar-refractivity contribution in [1.29, 1.82) is 0 Å². The highest BCUT2D eigenvalue weighted by atomic mass is 35.5. The molecule has 3 rings (SSSR count). The van der Waals surface area contributed by atoms with Gasteiger partial charge in [0, 0.05) is 37.7 Å². The van der Waals surface area contributed by atoms with Crippen LogP contribution in [0.15, 0.2) is 53.4 Å². The van der Waals surface area contributed by atoms with Crippen molar-refractivity contribution in [3.63, 3.8) is 0 Å². The van der Waals surface area contributed by atoms with Crippen molar-refractivity contribution in [2.45, 2.75) is 11.4 Å². The summed E-state index contributed by atoms with van der Waals surface area (Å²) in [6, 6.07) is 14.0. The van der Waals surface area contributed by atoms with Crippen LogP contribution in [0.25, 0.3) is 0 Å². The van der Waals surface area contributed by atoms with Gasteiger partial charge in [-0.05, 0) is 54.2 Å². The molecule has 1 aliphatic heterocycles. The van der Waals surface area contributed by atoms with Gasteiger partial charge in [0.15, 0.2) is 5.11 Å². The molecule has 2 aromatic rings. The largest absolute Gasteiger partial charge is 0.497 e. The van der Waals surface area contributed by atoms with Crippen LogP contribution in [-0.4, -0.2) is 56.0 Å². The van der Waals surface area contributed by atoms with E-state index in [-0.39, 0.29) is 4.90 Å². The number of methoxy groups -OCH3 is 1. The summed E-state index contributed by atoms with van der Waals surface area (Å²) in [5.41, 5.74) is 1.09. The predicted octanol–water partition coefficient (Wildman–Crippen LogP) is 2.73. The van der Waals surface area contributed by atoms with Crippen molar-refractivity contribution < 1.29 is 13.2 Å². The van der Waals surface area contributed by atoms with E-state index in [1.165, 1.54) is 16.4 Å². The van der Waals surface area contributed by atoms with Crippen LogP contribution in [0.4, 0.5) is 0 Å². The molecule has 0 aromatic heterocycles. The van der Waals surface area contributed by atoms with E-state index in [9.17, 15) is 8.42 Å². The molecule has 0 bridgehead atoms. The molecule has 1 N–H and O–H groups in total. The predicted molar refractivity (Wildman–Crippen MR) is 114 cm³/mol. The van der Waals surface area contributed by atoms with Crippen molar-refractivity contribution in [2.75, 3.05) is 33.3 Å². The average molecular weight is 440 g/mol. The number of nitrogens with one attached hydrogen (secondary N) is 1. The average Bonchev–Trinajstić information content (AvgIpc) is 2.73. The fourth-order valence-electron chi connectivity index (χ4n) is 2.92. The Kier molecular flexibility index (Phi) is 6.77. The van der Waals surface area contributed by atoms with Gasteiger partial charge in [0.25, 0.3) is 0 Å². The standard InChI is InChI=1S/C19H22ClN3O3S2/c1-26-17-6-2-15(3-7-17)14-21-19(27)22-10-12-23(13-11-22)28(24,25)18-8-4-16(20)5-9-18/h2-9H,10-14H2,1H3,(H,21,27). The Labute approximate surface area is 176 Å². The van der Waals surface area contributed by atoms with Crippen LogP contribution in [0.3, 0.4) is 0 Å². The summed E-state index contributed by atoms with van der Waals surface area (Å²) in [5, 5.41) is 4.37. The van der Waals surface area contributed by atoms with Gasteiger partial charge in [-0.3, -0.25) is 0 Å². The number of hydrogen-bond acceptors (Lipinski definition) is 4. The second kappa shape index (κ2) is 9.09. The van der Waals surface area contributed by atoms with Gasteiger partial charge < -0.3 is 15.0 Å². The van der Waals surface area contributed by atoms with Gasteiger partial charge in [0.1, 0.15) is 5.75 Å². The van der Waals surface area contributed by atoms with E-state index in [0.717, 1.165) is 11.3 Å². The number of piperazine rings is 1. The van der Waals surface area contributed by atoms with Crippen LogP contribution in [0.5, 0.6) is 5.75 Å². The van der Waals surface area contributed by atoms with Crippen LogP contribution >= 0.6 is 23.8 Å². The minimum Gasteiger partial charge on any atom is -0.497 e. The lowest BCUT2D eigenvalue weighted by Gasteiger charge is -2.35. The fourth-order valence-corrected chi connectivity index (χ4v) is 4.72. The van der Waals surface area contributed by atoms with Crippen LogP contribution in [0.1, 0.15) is 5.56 Å². The molecule has 1 fully saturated rings. The molecule has 6 nitrogen and oxygen atoms in total. The van der Waals surface area contributed by atoms with Gasteiger partial charge in [-0.1, -0.05) is 23.7 Å². The zero-order valence-corrected chi connectivity index (χ0v) is 17.9. The normalized spacial score (nSPS) is 15.3. The third kappa shape index (κ3) is 4.94. The van der Waals surface area contributed by atoms with Crippen molar-refractivity contribution >= 4 is 39.0 Å². The Morgan fingerprint density at radius 1 is 1.07 bits per heavy atom. The summed E-state index contributed by atoms with van der Waals surface area (Å²) in [5.74, 6) is 0.810. The summed E-state index contributed by atoms with van der Waals surface area (Å²) in [4.78, 5) is 2.25. The van der Waals surface area contributed by atoms with Crippen LogP contribution in [0, 0.1) is 0 Å². The Balaban J connectivity index is 1.52. The number of nitrogens with zero attached hydrogens (tertiary/aromatic N) is 2. The number of ether oxygens (including phenoxy) is 1. The quantitative estimate of drug-likeness (QED) is 0.723.